The fourth-order valence-corrected chi connectivity index (χ4v) is 3.33. The van der Waals surface area contributed by atoms with Gasteiger partial charge in [0.2, 0.25) is 0 Å². The van der Waals surface area contributed by atoms with Gasteiger partial charge in [-0.3, -0.25) is 0 Å². The van der Waals surface area contributed by atoms with E-state index < -0.39 is 5.82 Å². The number of aromatic amines is 1. The van der Waals surface area contributed by atoms with Crippen LogP contribution in [0.2, 0.25) is 5.02 Å². The molecule has 1 fully saturated rings. The van der Waals surface area contributed by atoms with Gasteiger partial charge in [0.1, 0.15) is 5.65 Å². The second-order valence-electron chi connectivity index (χ2n) is 6.29. The molecule has 1 saturated carbocycles. The van der Waals surface area contributed by atoms with Crippen molar-refractivity contribution in [1.82, 2.24) is 19.9 Å². The molecule has 0 radical (unpaired) electrons. The van der Waals surface area contributed by atoms with E-state index in [0.29, 0.717) is 34.9 Å². The number of nitrogens with zero attached hydrogens (tertiary/aromatic N) is 3. The van der Waals surface area contributed by atoms with E-state index in [0.717, 1.165) is 18.2 Å². The normalized spacial score (nSPS) is 20.8. The van der Waals surface area contributed by atoms with Crippen LogP contribution in [0, 0.1) is 5.82 Å². The number of hydrogen-bond acceptors (Lipinski definition) is 5. The summed E-state index contributed by atoms with van der Waals surface area (Å²) in [5, 5.41) is 14.0. The average Bonchev–Trinajstić information content (AvgIpc) is 3.02. The van der Waals surface area contributed by atoms with Crippen molar-refractivity contribution in [3.63, 3.8) is 0 Å². The first kappa shape index (κ1) is 16.2. The van der Waals surface area contributed by atoms with Crippen LogP contribution in [0.5, 0.6) is 0 Å². The lowest BCUT2D eigenvalue weighted by molar-refractivity contribution is 0.126. The average molecular weight is 362 g/mol. The quantitative estimate of drug-likeness (QED) is 0.664. The number of hydrogen-bond donors (Lipinski definition) is 3. The van der Waals surface area contributed by atoms with Crippen LogP contribution < -0.4 is 5.32 Å². The number of rotatable bonds is 3. The van der Waals surface area contributed by atoms with Gasteiger partial charge in [-0.2, -0.15) is 0 Å². The Balaban J connectivity index is 1.65. The van der Waals surface area contributed by atoms with Crippen molar-refractivity contribution in [2.24, 2.45) is 0 Å². The maximum absolute atomic E-state index is 14.1. The zero-order chi connectivity index (χ0) is 17.4. The molecule has 3 N–H and O–H groups in total. The Bertz CT molecular complexity index is 907. The summed E-state index contributed by atoms with van der Waals surface area (Å²) in [6.07, 6.45) is 7.20. The van der Waals surface area contributed by atoms with Crippen molar-refractivity contribution in [2.75, 3.05) is 5.32 Å². The molecule has 0 unspecified atom stereocenters. The van der Waals surface area contributed by atoms with Crippen LogP contribution in [0.3, 0.4) is 0 Å². The molecular weight excluding hydrogens is 345 g/mol. The Labute approximate surface area is 148 Å². The summed E-state index contributed by atoms with van der Waals surface area (Å²) in [6.45, 7) is 0. The van der Waals surface area contributed by atoms with E-state index >= 15 is 0 Å². The van der Waals surface area contributed by atoms with E-state index in [1.807, 2.05) is 0 Å². The number of aliphatic hydroxyl groups is 1. The maximum Gasteiger partial charge on any atom is 0.183 e. The second kappa shape index (κ2) is 6.57. The molecule has 6 nitrogen and oxygen atoms in total. The fourth-order valence-electron chi connectivity index (χ4n) is 3.17. The first-order valence-electron chi connectivity index (χ1n) is 8.20. The highest BCUT2D eigenvalue weighted by atomic mass is 35.5. The number of anilines is 1. The molecule has 3 heterocycles. The molecule has 3 aromatic rings. The number of halogens is 2. The number of aromatic nitrogens is 4. The van der Waals surface area contributed by atoms with Crippen molar-refractivity contribution in [1.29, 1.82) is 0 Å². The summed E-state index contributed by atoms with van der Waals surface area (Å²) in [6, 6.07) is 1.87. The third kappa shape index (κ3) is 3.29. The van der Waals surface area contributed by atoms with Crippen LogP contribution in [-0.2, 0) is 0 Å². The van der Waals surface area contributed by atoms with Crippen molar-refractivity contribution in [3.8, 4) is 11.4 Å². The summed E-state index contributed by atoms with van der Waals surface area (Å²) in [5.74, 6) is 0.0802. The fraction of sp³-hybridized carbons (Fsp3) is 0.353. The van der Waals surface area contributed by atoms with Crippen molar-refractivity contribution in [2.45, 2.75) is 37.8 Å². The van der Waals surface area contributed by atoms with Gasteiger partial charge in [-0.15, -0.1) is 0 Å². The lowest BCUT2D eigenvalue weighted by Crippen LogP contribution is -2.29. The second-order valence-corrected chi connectivity index (χ2v) is 6.73. The number of H-pyrrole nitrogens is 1. The van der Waals surface area contributed by atoms with Crippen LogP contribution in [0.25, 0.3) is 22.4 Å². The highest BCUT2D eigenvalue weighted by Gasteiger charge is 2.21. The molecule has 0 spiro atoms. The number of aliphatic hydroxyl groups excluding tert-OH is 1. The molecule has 0 atom stereocenters. The molecule has 0 amide bonds. The van der Waals surface area contributed by atoms with Crippen molar-refractivity contribution in [3.05, 3.63) is 35.5 Å². The minimum Gasteiger partial charge on any atom is -0.393 e. The van der Waals surface area contributed by atoms with Gasteiger partial charge in [-0.25, -0.2) is 19.3 Å². The van der Waals surface area contributed by atoms with Crippen molar-refractivity contribution >= 4 is 28.5 Å². The van der Waals surface area contributed by atoms with Gasteiger partial charge in [-0.1, -0.05) is 11.6 Å². The third-order valence-electron chi connectivity index (χ3n) is 4.52. The summed E-state index contributed by atoms with van der Waals surface area (Å²) in [4.78, 5) is 15.7. The van der Waals surface area contributed by atoms with Gasteiger partial charge in [0.25, 0.3) is 0 Å². The van der Waals surface area contributed by atoms with Crippen molar-refractivity contribution < 1.29 is 9.50 Å². The maximum atomic E-state index is 14.1. The molecule has 1 aliphatic carbocycles. The lowest BCUT2D eigenvalue weighted by atomic mass is 9.93. The SMILES string of the molecule is O[C@H]1CC[C@@H](Nc2nc(-c3c[nH]c4ncc(Cl)cc34)ncc2F)CC1. The monoisotopic (exact) mass is 361 g/mol. The molecule has 8 heteroatoms. The summed E-state index contributed by atoms with van der Waals surface area (Å²) < 4.78 is 14.1. The molecule has 0 aromatic carbocycles. The van der Waals surface area contributed by atoms with Gasteiger partial charge in [0.15, 0.2) is 17.5 Å². The molecule has 3 aromatic heterocycles. The van der Waals surface area contributed by atoms with Crippen LogP contribution in [0.1, 0.15) is 25.7 Å². The minimum absolute atomic E-state index is 0.0970. The highest BCUT2D eigenvalue weighted by Crippen LogP contribution is 2.29. The predicted molar refractivity (Wildman–Crippen MR) is 94.0 cm³/mol. The zero-order valence-corrected chi connectivity index (χ0v) is 14.1. The number of nitrogens with one attached hydrogen (secondary N) is 2. The topological polar surface area (TPSA) is 86.7 Å². The van der Waals surface area contributed by atoms with E-state index in [4.69, 9.17) is 11.6 Å². The highest BCUT2D eigenvalue weighted by molar-refractivity contribution is 6.31. The Hall–Kier alpha value is -2.25. The number of pyridine rings is 1. The Morgan fingerprint density at radius 3 is 2.80 bits per heavy atom. The van der Waals surface area contributed by atoms with Crippen LogP contribution >= 0.6 is 11.6 Å². The minimum atomic E-state index is -0.495. The van der Waals surface area contributed by atoms with Gasteiger partial charge >= 0.3 is 0 Å². The van der Waals surface area contributed by atoms with E-state index in [2.05, 4.69) is 25.3 Å². The van der Waals surface area contributed by atoms with Crippen LogP contribution in [-0.4, -0.2) is 37.2 Å². The Kier molecular flexibility index (Phi) is 4.27. The van der Waals surface area contributed by atoms with E-state index in [1.54, 1.807) is 18.5 Å². The molecular formula is C17H17ClFN5O. The van der Waals surface area contributed by atoms with Crippen LogP contribution in [0.4, 0.5) is 10.2 Å². The molecule has 130 valence electrons. The third-order valence-corrected chi connectivity index (χ3v) is 4.73. The Morgan fingerprint density at radius 1 is 1.20 bits per heavy atom. The zero-order valence-electron chi connectivity index (χ0n) is 13.3. The molecule has 0 saturated heterocycles. The summed E-state index contributed by atoms with van der Waals surface area (Å²) in [5.41, 5.74) is 1.38. The molecule has 25 heavy (non-hydrogen) atoms. The standard InChI is InChI=1S/C17H17ClFN5O/c18-9-5-12-13(7-21-15(12)20-6-9)16-22-8-14(19)17(24-16)23-10-1-3-11(25)4-2-10/h5-8,10-11,25H,1-4H2,(H,20,21)(H,22,23,24)/t10-,11+. The Morgan fingerprint density at radius 2 is 2.00 bits per heavy atom. The van der Waals surface area contributed by atoms with Gasteiger partial charge in [0, 0.05) is 29.4 Å². The summed E-state index contributed by atoms with van der Waals surface area (Å²) in [7, 11) is 0. The van der Waals surface area contributed by atoms with Gasteiger partial charge < -0.3 is 15.4 Å². The molecule has 0 bridgehead atoms. The lowest BCUT2D eigenvalue weighted by Gasteiger charge is -2.26. The molecule has 0 aliphatic heterocycles. The molecule has 1 aliphatic rings. The predicted octanol–water partition coefficient (Wildman–Crippen LogP) is 3.53. The summed E-state index contributed by atoms with van der Waals surface area (Å²) >= 11 is 6.02. The molecule has 4 rings (SSSR count). The van der Waals surface area contributed by atoms with Crippen LogP contribution in [0.15, 0.2) is 24.7 Å². The van der Waals surface area contributed by atoms with E-state index in [1.165, 1.54) is 6.20 Å². The first-order chi connectivity index (χ1) is 12.1. The van der Waals surface area contributed by atoms with Gasteiger partial charge in [0.05, 0.1) is 17.3 Å². The number of fused-ring (bicyclic) bond motifs is 1. The van der Waals surface area contributed by atoms with E-state index in [-0.39, 0.29) is 18.0 Å². The van der Waals surface area contributed by atoms with Gasteiger partial charge in [-0.05, 0) is 31.7 Å². The largest absolute Gasteiger partial charge is 0.393 e. The smallest absolute Gasteiger partial charge is 0.183 e. The first-order valence-corrected chi connectivity index (χ1v) is 8.58. The van der Waals surface area contributed by atoms with E-state index in [9.17, 15) is 9.50 Å².